The maximum Gasteiger partial charge on any atom is 0.330 e. The van der Waals surface area contributed by atoms with Crippen LogP contribution in [0.25, 0.3) is 0 Å². The van der Waals surface area contributed by atoms with Gasteiger partial charge in [0.1, 0.15) is 6.04 Å². The van der Waals surface area contributed by atoms with Crippen LogP contribution < -0.4 is 20.1 Å². The molecule has 2 N–H and O–H groups in total. The van der Waals surface area contributed by atoms with Crippen molar-refractivity contribution >= 4 is 17.6 Å². The molecule has 21 heavy (non-hydrogen) atoms. The van der Waals surface area contributed by atoms with E-state index < -0.39 is 12.0 Å². The molecule has 7 heteroatoms. The Morgan fingerprint density at radius 3 is 2.33 bits per heavy atom. The molecule has 0 radical (unpaired) electrons. The summed E-state index contributed by atoms with van der Waals surface area (Å²) >= 11 is 0. The molecule has 0 spiro atoms. The average Bonchev–Trinajstić information content (AvgIpc) is 2.49. The van der Waals surface area contributed by atoms with E-state index in [1.165, 1.54) is 21.1 Å². The normalized spacial score (nSPS) is 11.2. The van der Waals surface area contributed by atoms with Gasteiger partial charge in [-0.15, -0.1) is 0 Å². The maximum atomic E-state index is 11.6. The van der Waals surface area contributed by atoms with Gasteiger partial charge in [0.05, 0.1) is 21.3 Å². The minimum absolute atomic E-state index is 0.196. The number of carbonyl (C=O) groups excluding carboxylic acids is 2. The molecule has 1 rings (SSSR count). The zero-order chi connectivity index (χ0) is 15.8. The number of hydrogen-bond donors (Lipinski definition) is 2. The minimum atomic E-state index is -0.763. The van der Waals surface area contributed by atoms with Crippen LogP contribution in [0.5, 0.6) is 11.5 Å². The van der Waals surface area contributed by atoms with Crippen LogP contribution in [0.15, 0.2) is 18.2 Å². The Hall–Kier alpha value is -2.44. The molecule has 1 aromatic rings. The molecule has 0 aliphatic heterocycles. The van der Waals surface area contributed by atoms with Gasteiger partial charge >= 0.3 is 5.97 Å². The van der Waals surface area contributed by atoms with Gasteiger partial charge < -0.3 is 24.8 Å². The Labute approximate surface area is 123 Å². The van der Waals surface area contributed by atoms with Crippen molar-refractivity contribution in [1.82, 2.24) is 5.32 Å². The monoisotopic (exact) mass is 296 g/mol. The van der Waals surface area contributed by atoms with E-state index in [1.54, 1.807) is 25.3 Å². The van der Waals surface area contributed by atoms with Crippen molar-refractivity contribution in [3.05, 3.63) is 18.2 Å². The first kappa shape index (κ1) is 16.6. The number of esters is 1. The second-order valence-electron chi connectivity index (χ2n) is 4.23. The number of anilines is 1. The summed E-state index contributed by atoms with van der Waals surface area (Å²) in [6, 6.07) is 4.50. The molecular formula is C14H20N2O5. The van der Waals surface area contributed by atoms with Crippen molar-refractivity contribution in [2.75, 3.05) is 33.2 Å². The number of rotatable bonds is 7. The van der Waals surface area contributed by atoms with Gasteiger partial charge in [-0.25, -0.2) is 4.79 Å². The van der Waals surface area contributed by atoms with Crippen LogP contribution in [0.1, 0.15) is 6.92 Å². The number of nitrogens with one attached hydrogen (secondary N) is 2. The third-order valence-electron chi connectivity index (χ3n) is 2.76. The first-order chi connectivity index (χ1) is 10.0. The van der Waals surface area contributed by atoms with Gasteiger partial charge in [0.15, 0.2) is 11.5 Å². The molecule has 0 saturated heterocycles. The van der Waals surface area contributed by atoms with Crippen molar-refractivity contribution in [3.8, 4) is 11.5 Å². The van der Waals surface area contributed by atoms with Gasteiger partial charge in [-0.1, -0.05) is 0 Å². The van der Waals surface area contributed by atoms with E-state index in [2.05, 4.69) is 15.4 Å². The zero-order valence-electron chi connectivity index (χ0n) is 12.6. The summed E-state index contributed by atoms with van der Waals surface area (Å²) in [6.07, 6.45) is 0. The largest absolute Gasteiger partial charge is 0.493 e. The third-order valence-corrected chi connectivity index (χ3v) is 2.76. The van der Waals surface area contributed by atoms with Crippen molar-refractivity contribution in [1.29, 1.82) is 0 Å². The number of hydrogen-bond acceptors (Lipinski definition) is 6. The fourth-order valence-electron chi connectivity index (χ4n) is 1.75. The van der Waals surface area contributed by atoms with Crippen LogP contribution >= 0.6 is 0 Å². The van der Waals surface area contributed by atoms with E-state index in [0.29, 0.717) is 11.5 Å². The standard InChI is InChI=1S/C14H20N2O5/c1-9(17)16-11(14(18)21-4)8-15-10-5-6-12(19-2)13(7-10)20-3/h5-7,11,15H,8H2,1-4H3,(H,16,17). The molecule has 7 nitrogen and oxygen atoms in total. The van der Waals surface area contributed by atoms with E-state index in [-0.39, 0.29) is 12.5 Å². The highest BCUT2D eigenvalue weighted by atomic mass is 16.5. The summed E-state index contributed by atoms with van der Waals surface area (Å²) in [5.74, 6) is 0.351. The molecular weight excluding hydrogens is 276 g/mol. The Morgan fingerprint density at radius 2 is 1.81 bits per heavy atom. The summed E-state index contributed by atoms with van der Waals surface area (Å²) in [7, 11) is 4.36. The second kappa shape index (κ2) is 7.98. The summed E-state index contributed by atoms with van der Waals surface area (Å²) < 4.78 is 15.0. The van der Waals surface area contributed by atoms with Crippen LogP contribution in [-0.2, 0) is 14.3 Å². The lowest BCUT2D eigenvalue weighted by atomic mass is 10.2. The molecule has 0 saturated carbocycles. The summed E-state index contributed by atoms with van der Waals surface area (Å²) in [4.78, 5) is 22.7. The first-order valence-corrected chi connectivity index (χ1v) is 6.32. The highest BCUT2D eigenvalue weighted by molar-refractivity contribution is 5.83. The SMILES string of the molecule is COC(=O)C(CNc1ccc(OC)c(OC)c1)NC(C)=O. The Kier molecular flexibility index (Phi) is 6.32. The molecule has 1 amide bonds. The van der Waals surface area contributed by atoms with E-state index in [4.69, 9.17) is 9.47 Å². The molecule has 0 aliphatic rings. The molecule has 0 heterocycles. The summed E-state index contributed by atoms with van der Waals surface area (Å²) in [6.45, 7) is 1.54. The lowest BCUT2D eigenvalue weighted by molar-refractivity contribution is -0.144. The molecule has 0 aromatic heterocycles. The number of amides is 1. The van der Waals surface area contributed by atoms with Gasteiger partial charge in [-0.05, 0) is 12.1 Å². The quantitative estimate of drug-likeness (QED) is 0.724. The second-order valence-corrected chi connectivity index (χ2v) is 4.23. The lowest BCUT2D eigenvalue weighted by Gasteiger charge is -2.17. The van der Waals surface area contributed by atoms with Gasteiger partial charge in [-0.3, -0.25) is 4.79 Å². The molecule has 0 bridgehead atoms. The van der Waals surface area contributed by atoms with Crippen LogP contribution in [0.4, 0.5) is 5.69 Å². The Bertz CT molecular complexity index is 504. The Balaban J connectivity index is 2.75. The topological polar surface area (TPSA) is 85.9 Å². The summed E-state index contributed by atoms with van der Waals surface area (Å²) in [5, 5.41) is 5.56. The number of methoxy groups -OCH3 is 3. The molecule has 1 unspecified atom stereocenters. The Morgan fingerprint density at radius 1 is 1.14 bits per heavy atom. The highest BCUT2D eigenvalue weighted by Crippen LogP contribution is 2.29. The van der Waals surface area contributed by atoms with Crippen molar-refractivity contribution in [2.24, 2.45) is 0 Å². The van der Waals surface area contributed by atoms with E-state index >= 15 is 0 Å². The highest BCUT2D eigenvalue weighted by Gasteiger charge is 2.19. The van der Waals surface area contributed by atoms with Gasteiger partial charge in [0.2, 0.25) is 5.91 Å². The minimum Gasteiger partial charge on any atom is -0.493 e. The number of benzene rings is 1. The van der Waals surface area contributed by atoms with Gasteiger partial charge in [-0.2, -0.15) is 0 Å². The van der Waals surface area contributed by atoms with Crippen LogP contribution in [0.2, 0.25) is 0 Å². The first-order valence-electron chi connectivity index (χ1n) is 6.32. The van der Waals surface area contributed by atoms with E-state index in [9.17, 15) is 9.59 Å². The van der Waals surface area contributed by atoms with Crippen molar-refractivity contribution in [3.63, 3.8) is 0 Å². The predicted molar refractivity (Wildman–Crippen MR) is 77.7 cm³/mol. The summed E-state index contributed by atoms with van der Waals surface area (Å²) in [5.41, 5.74) is 0.729. The molecule has 116 valence electrons. The molecule has 0 fully saturated rings. The number of ether oxygens (including phenoxy) is 3. The van der Waals surface area contributed by atoms with Gasteiger partial charge in [0.25, 0.3) is 0 Å². The van der Waals surface area contributed by atoms with Crippen LogP contribution in [0.3, 0.4) is 0 Å². The smallest absolute Gasteiger partial charge is 0.330 e. The fraction of sp³-hybridized carbons (Fsp3) is 0.429. The predicted octanol–water partition coefficient (Wildman–Crippen LogP) is 0.793. The van der Waals surface area contributed by atoms with Crippen LogP contribution in [0, 0.1) is 0 Å². The van der Waals surface area contributed by atoms with Crippen molar-refractivity contribution in [2.45, 2.75) is 13.0 Å². The molecule has 0 aliphatic carbocycles. The third kappa shape index (κ3) is 4.87. The molecule has 1 aromatic carbocycles. The fourth-order valence-corrected chi connectivity index (χ4v) is 1.75. The zero-order valence-corrected chi connectivity index (χ0v) is 12.6. The lowest BCUT2D eigenvalue weighted by Crippen LogP contribution is -2.45. The van der Waals surface area contributed by atoms with E-state index in [0.717, 1.165) is 5.69 Å². The maximum absolute atomic E-state index is 11.6. The molecule has 1 atom stereocenters. The van der Waals surface area contributed by atoms with E-state index in [1.807, 2.05) is 0 Å². The van der Waals surface area contributed by atoms with Crippen LogP contribution in [-0.4, -0.2) is 45.8 Å². The number of carbonyl (C=O) groups is 2. The van der Waals surface area contributed by atoms with Crippen molar-refractivity contribution < 1.29 is 23.8 Å². The average molecular weight is 296 g/mol. The van der Waals surface area contributed by atoms with Gasteiger partial charge in [0, 0.05) is 25.2 Å².